The SMILES string of the molecule is O=C1c2ccccc2C(=O)N1CCC1Oc2ccccc2N(CCCCN2CCN(c3ccc(F)cc3)CC2)C1=O. The highest BCUT2D eigenvalue weighted by atomic mass is 19.1. The number of carbonyl (C=O) groups excluding carboxylic acids is 3. The van der Waals surface area contributed by atoms with Gasteiger partial charge in [-0.15, -0.1) is 0 Å². The van der Waals surface area contributed by atoms with Crippen molar-refractivity contribution in [3.63, 3.8) is 0 Å². The Hall–Kier alpha value is -4.24. The van der Waals surface area contributed by atoms with Crippen molar-refractivity contribution in [2.75, 3.05) is 55.6 Å². The number of hydrogen-bond donors (Lipinski definition) is 0. The van der Waals surface area contributed by atoms with Gasteiger partial charge in [-0.05, 0) is 67.9 Å². The van der Waals surface area contributed by atoms with Crippen LogP contribution in [0.2, 0.25) is 0 Å². The van der Waals surface area contributed by atoms with E-state index >= 15 is 0 Å². The van der Waals surface area contributed by atoms with Gasteiger partial charge >= 0.3 is 0 Å². The van der Waals surface area contributed by atoms with Crippen LogP contribution in [-0.4, -0.2) is 79.4 Å². The van der Waals surface area contributed by atoms with Crippen molar-refractivity contribution < 1.29 is 23.5 Å². The first-order valence-electron chi connectivity index (χ1n) is 14.2. The molecule has 1 unspecified atom stereocenters. The van der Waals surface area contributed by atoms with Gasteiger partial charge in [0.05, 0.1) is 16.8 Å². The van der Waals surface area contributed by atoms with Crippen molar-refractivity contribution in [1.82, 2.24) is 9.80 Å². The molecule has 1 atom stereocenters. The van der Waals surface area contributed by atoms with E-state index in [-0.39, 0.29) is 36.5 Å². The summed E-state index contributed by atoms with van der Waals surface area (Å²) in [5.41, 5.74) is 2.60. The van der Waals surface area contributed by atoms with E-state index in [1.165, 1.54) is 17.0 Å². The van der Waals surface area contributed by atoms with Crippen molar-refractivity contribution >= 4 is 29.1 Å². The molecule has 0 aliphatic carbocycles. The minimum Gasteiger partial charge on any atom is -0.478 e. The zero-order valence-electron chi connectivity index (χ0n) is 22.9. The summed E-state index contributed by atoms with van der Waals surface area (Å²) in [6.07, 6.45) is 1.24. The van der Waals surface area contributed by atoms with Crippen LogP contribution < -0.4 is 14.5 Å². The van der Waals surface area contributed by atoms with E-state index in [1.54, 1.807) is 29.2 Å². The number of benzene rings is 3. The van der Waals surface area contributed by atoms with E-state index < -0.39 is 6.10 Å². The highest BCUT2D eigenvalue weighted by molar-refractivity contribution is 6.21. The van der Waals surface area contributed by atoms with Gasteiger partial charge in [0.2, 0.25) is 0 Å². The van der Waals surface area contributed by atoms with Crippen LogP contribution in [0.25, 0.3) is 0 Å². The molecule has 0 spiro atoms. The lowest BCUT2D eigenvalue weighted by molar-refractivity contribution is -0.126. The number of nitrogens with zero attached hydrogens (tertiary/aromatic N) is 4. The Labute approximate surface area is 238 Å². The van der Waals surface area contributed by atoms with Crippen molar-refractivity contribution in [2.24, 2.45) is 0 Å². The van der Waals surface area contributed by atoms with Gasteiger partial charge in [0.25, 0.3) is 17.7 Å². The summed E-state index contributed by atoms with van der Waals surface area (Å²) in [6.45, 7) is 5.31. The predicted octanol–water partition coefficient (Wildman–Crippen LogP) is 4.21. The first kappa shape index (κ1) is 27.0. The summed E-state index contributed by atoms with van der Waals surface area (Å²) in [4.78, 5) is 46.8. The number of fused-ring (bicyclic) bond motifs is 2. The van der Waals surface area contributed by atoms with Gasteiger partial charge in [0.1, 0.15) is 11.6 Å². The number of ether oxygens (including phenoxy) is 1. The fraction of sp³-hybridized carbons (Fsp3) is 0.344. The van der Waals surface area contributed by atoms with Gasteiger partial charge in [-0.1, -0.05) is 24.3 Å². The number of imide groups is 1. The Morgan fingerprint density at radius 2 is 1.34 bits per heavy atom. The van der Waals surface area contributed by atoms with Crippen molar-refractivity contribution in [3.8, 4) is 5.75 Å². The molecule has 1 fully saturated rings. The lowest BCUT2D eigenvalue weighted by Crippen LogP contribution is -2.48. The second-order valence-corrected chi connectivity index (χ2v) is 10.7. The van der Waals surface area contributed by atoms with E-state index in [0.717, 1.165) is 56.9 Å². The van der Waals surface area contributed by atoms with E-state index in [4.69, 9.17) is 4.74 Å². The number of unbranched alkanes of at least 4 members (excludes halogenated alkanes) is 1. The van der Waals surface area contributed by atoms with Crippen LogP contribution in [0.1, 0.15) is 40.0 Å². The van der Waals surface area contributed by atoms with Gasteiger partial charge < -0.3 is 14.5 Å². The molecular formula is C32H33FN4O4. The van der Waals surface area contributed by atoms with Crippen LogP contribution in [0, 0.1) is 5.82 Å². The number of halogens is 1. The minimum atomic E-state index is -0.770. The molecular weight excluding hydrogens is 523 g/mol. The molecule has 3 aliphatic rings. The highest BCUT2D eigenvalue weighted by Crippen LogP contribution is 2.35. The zero-order valence-corrected chi connectivity index (χ0v) is 22.9. The van der Waals surface area contributed by atoms with Crippen molar-refractivity contribution in [1.29, 1.82) is 0 Å². The number of para-hydroxylation sites is 2. The molecule has 3 amide bonds. The third-order valence-electron chi connectivity index (χ3n) is 8.13. The van der Waals surface area contributed by atoms with Gasteiger partial charge in [-0.25, -0.2) is 4.39 Å². The van der Waals surface area contributed by atoms with Crippen LogP contribution in [0.4, 0.5) is 15.8 Å². The maximum Gasteiger partial charge on any atom is 0.268 e. The number of amides is 3. The van der Waals surface area contributed by atoms with Crippen LogP contribution in [0.5, 0.6) is 5.75 Å². The Balaban J connectivity index is 1.01. The Bertz CT molecular complexity index is 1400. The maximum absolute atomic E-state index is 13.5. The second kappa shape index (κ2) is 11.7. The molecule has 1 saturated heterocycles. The molecule has 3 aromatic rings. The fourth-order valence-corrected chi connectivity index (χ4v) is 5.86. The third-order valence-corrected chi connectivity index (χ3v) is 8.13. The molecule has 0 saturated carbocycles. The third kappa shape index (κ3) is 5.54. The van der Waals surface area contributed by atoms with Gasteiger partial charge in [0.15, 0.2) is 6.10 Å². The molecule has 3 aromatic carbocycles. The molecule has 6 rings (SSSR count). The number of carbonyl (C=O) groups is 3. The molecule has 0 bridgehead atoms. The van der Waals surface area contributed by atoms with Crippen LogP contribution in [0.15, 0.2) is 72.8 Å². The lowest BCUT2D eigenvalue weighted by atomic mass is 10.1. The van der Waals surface area contributed by atoms with Gasteiger partial charge in [-0.3, -0.25) is 24.2 Å². The average Bonchev–Trinajstić information content (AvgIpc) is 3.25. The summed E-state index contributed by atoms with van der Waals surface area (Å²) in [5, 5.41) is 0. The largest absolute Gasteiger partial charge is 0.478 e. The monoisotopic (exact) mass is 556 g/mol. The number of hydrogen-bond acceptors (Lipinski definition) is 6. The molecule has 0 aromatic heterocycles. The summed E-state index contributed by atoms with van der Waals surface area (Å²) < 4.78 is 19.3. The number of rotatable bonds is 9. The zero-order chi connectivity index (χ0) is 28.3. The fourth-order valence-electron chi connectivity index (χ4n) is 5.86. The molecule has 8 nitrogen and oxygen atoms in total. The van der Waals surface area contributed by atoms with Crippen molar-refractivity contribution in [3.05, 3.63) is 89.7 Å². The molecule has 41 heavy (non-hydrogen) atoms. The van der Waals surface area contributed by atoms with Gasteiger partial charge in [-0.2, -0.15) is 0 Å². The summed E-state index contributed by atoms with van der Waals surface area (Å²) >= 11 is 0. The van der Waals surface area contributed by atoms with E-state index in [2.05, 4.69) is 9.80 Å². The Morgan fingerprint density at radius 3 is 2.05 bits per heavy atom. The average molecular weight is 557 g/mol. The standard InChI is InChI=1S/C32H33FN4O4/c33-23-11-13-24(14-12-23)35-21-19-34(20-22-35)16-5-6-17-36-27-9-3-4-10-28(27)41-29(32(36)40)15-18-37-30(38)25-7-1-2-8-26(25)31(37)39/h1-4,7-14,29H,5-6,15-22H2. The molecule has 3 aliphatic heterocycles. The van der Waals surface area contributed by atoms with Crippen LogP contribution >= 0.6 is 0 Å². The first-order chi connectivity index (χ1) is 20.0. The van der Waals surface area contributed by atoms with E-state index in [0.29, 0.717) is 23.4 Å². The van der Waals surface area contributed by atoms with Gasteiger partial charge in [0, 0.05) is 51.4 Å². The molecule has 212 valence electrons. The second-order valence-electron chi connectivity index (χ2n) is 10.7. The smallest absolute Gasteiger partial charge is 0.268 e. The van der Waals surface area contributed by atoms with E-state index in [1.807, 2.05) is 36.4 Å². The number of anilines is 2. The van der Waals surface area contributed by atoms with E-state index in [9.17, 15) is 18.8 Å². The molecule has 9 heteroatoms. The van der Waals surface area contributed by atoms with Crippen LogP contribution in [-0.2, 0) is 4.79 Å². The van der Waals surface area contributed by atoms with Crippen molar-refractivity contribution in [2.45, 2.75) is 25.4 Å². The Morgan fingerprint density at radius 1 is 0.707 bits per heavy atom. The molecule has 3 heterocycles. The molecule has 0 radical (unpaired) electrons. The molecule has 0 N–H and O–H groups in total. The normalized spacial score (nSPS) is 18.9. The summed E-state index contributed by atoms with van der Waals surface area (Å²) in [7, 11) is 0. The maximum atomic E-state index is 13.5. The summed E-state index contributed by atoms with van der Waals surface area (Å²) in [6, 6.07) is 21.0. The minimum absolute atomic E-state index is 0.114. The first-order valence-corrected chi connectivity index (χ1v) is 14.2. The summed E-state index contributed by atoms with van der Waals surface area (Å²) in [5.74, 6) is -0.387. The Kier molecular flexibility index (Phi) is 7.69. The lowest BCUT2D eigenvalue weighted by Gasteiger charge is -2.36. The highest BCUT2D eigenvalue weighted by Gasteiger charge is 2.38. The quantitative estimate of drug-likeness (QED) is 0.291. The predicted molar refractivity (Wildman–Crippen MR) is 154 cm³/mol. The number of piperazine rings is 1. The topological polar surface area (TPSA) is 73.4 Å². The van der Waals surface area contributed by atoms with Crippen LogP contribution in [0.3, 0.4) is 0 Å².